The summed E-state index contributed by atoms with van der Waals surface area (Å²) in [4.78, 5) is 20.5. The van der Waals surface area contributed by atoms with Crippen LogP contribution < -0.4 is 9.64 Å². The molecular formula is C25H23ClN2O3S. The number of nitrogens with zero attached hydrogens (tertiary/aromatic N) is 2. The van der Waals surface area contributed by atoms with Gasteiger partial charge in [-0.3, -0.25) is 9.69 Å². The molecule has 5 nitrogen and oxygen atoms in total. The molecule has 0 spiro atoms. The van der Waals surface area contributed by atoms with Crippen LogP contribution in [-0.4, -0.2) is 37.3 Å². The molecule has 0 radical (unpaired) electrons. The van der Waals surface area contributed by atoms with Gasteiger partial charge in [0, 0.05) is 11.6 Å². The van der Waals surface area contributed by atoms with Gasteiger partial charge in [0.15, 0.2) is 5.13 Å². The number of rotatable bonds is 5. The van der Waals surface area contributed by atoms with E-state index in [2.05, 4.69) is 0 Å². The number of aryl methyl sites for hydroxylation is 1. The number of benzene rings is 3. The molecule has 1 saturated heterocycles. The molecule has 1 atom stereocenters. The van der Waals surface area contributed by atoms with Gasteiger partial charge in [-0.05, 0) is 60.4 Å². The largest absolute Gasteiger partial charge is 0.496 e. The minimum atomic E-state index is -0.147. The molecule has 4 aromatic rings. The number of ether oxygens (including phenoxy) is 2. The van der Waals surface area contributed by atoms with Crippen molar-refractivity contribution in [2.45, 2.75) is 25.9 Å². The second kappa shape index (κ2) is 8.70. The molecule has 0 N–H and O–H groups in total. The summed E-state index contributed by atoms with van der Waals surface area (Å²) >= 11 is 7.74. The van der Waals surface area contributed by atoms with E-state index in [4.69, 9.17) is 26.1 Å². The van der Waals surface area contributed by atoms with E-state index in [9.17, 15) is 4.79 Å². The Hall–Kier alpha value is -2.67. The maximum Gasteiger partial charge on any atom is 0.263 e. The van der Waals surface area contributed by atoms with Gasteiger partial charge in [0.25, 0.3) is 5.91 Å². The molecular weight excluding hydrogens is 444 g/mol. The third kappa shape index (κ3) is 3.94. The number of hydrogen-bond acceptors (Lipinski definition) is 5. The average Bonchev–Trinajstić information content (AvgIpc) is 3.46. The maximum absolute atomic E-state index is 13.9. The summed E-state index contributed by atoms with van der Waals surface area (Å²) in [7, 11) is 1.59. The highest BCUT2D eigenvalue weighted by Gasteiger charge is 2.29. The fraction of sp³-hybridized carbons (Fsp3) is 0.280. The molecule has 1 aromatic heterocycles. The van der Waals surface area contributed by atoms with Crippen LogP contribution in [-0.2, 0) is 4.74 Å². The molecule has 3 aromatic carbocycles. The monoisotopic (exact) mass is 466 g/mol. The van der Waals surface area contributed by atoms with Crippen molar-refractivity contribution in [3.05, 3.63) is 64.7 Å². The van der Waals surface area contributed by atoms with Crippen LogP contribution in [0.3, 0.4) is 0 Å². The zero-order valence-electron chi connectivity index (χ0n) is 17.9. The molecule has 32 heavy (non-hydrogen) atoms. The molecule has 0 bridgehead atoms. The molecule has 0 saturated carbocycles. The Morgan fingerprint density at radius 1 is 1.25 bits per heavy atom. The van der Waals surface area contributed by atoms with Crippen molar-refractivity contribution in [2.24, 2.45) is 0 Å². The van der Waals surface area contributed by atoms with Crippen LogP contribution >= 0.6 is 22.9 Å². The Balaban J connectivity index is 1.61. The second-order valence-corrected chi connectivity index (χ2v) is 9.46. The number of thiazole rings is 1. The minimum Gasteiger partial charge on any atom is -0.496 e. The van der Waals surface area contributed by atoms with Crippen LogP contribution in [0.2, 0.25) is 5.02 Å². The number of anilines is 1. The smallest absolute Gasteiger partial charge is 0.263 e. The van der Waals surface area contributed by atoms with Gasteiger partial charge in [0.2, 0.25) is 0 Å². The zero-order valence-corrected chi connectivity index (χ0v) is 19.5. The van der Waals surface area contributed by atoms with Gasteiger partial charge < -0.3 is 9.47 Å². The number of fused-ring (bicyclic) bond motifs is 2. The van der Waals surface area contributed by atoms with Crippen LogP contribution in [0.25, 0.3) is 21.0 Å². The minimum absolute atomic E-state index is 0.0119. The van der Waals surface area contributed by atoms with Crippen LogP contribution in [0.5, 0.6) is 5.75 Å². The number of carbonyl (C=O) groups excluding carboxylic acids is 1. The van der Waals surface area contributed by atoms with E-state index in [0.29, 0.717) is 28.0 Å². The quantitative estimate of drug-likeness (QED) is 0.349. The lowest BCUT2D eigenvalue weighted by Crippen LogP contribution is -2.37. The summed E-state index contributed by atoms with van der Waals surface area (Å²) in [5.41, 5.74) is 2.37. The first-order valence-electron chi connectivity index (χ1n) is 10.6. The second-order valence-electron chi connectivity index (χ2n) is 8.02. The third-order valence-corrected chi connectivity index (χ3v) is 7.07. The highest BCUT2D eigenvalue weighted by Crippen LogP contribution is 2.36. The van der Waals surface area contributed by atoms with E-state index < -0.39 is 0 Å². The van der Waals surface area contributed by atoms with Crippen LogP contribution in [0.4, 0.5) is 5.13 Å². The molecule has 164 valence electrons. The summed E-state index contributed by atoms with van der Waals surface area (Å²) in [6.45, 7) is 3.15. The number of methoxy groups -OCH3 is 1. The first kappa shape index (κ1) is 21.2. The Bertz CT molecular complexity index is 1310. The highest BCUT2D eigenvalue weighted by molar-refractivity contribution is 7.22. The molecule has 2 heterocycles. The molecule has 1 aliphatic rings. The van der Waals surface area contributed by atoms with E-state index in [-0.39, 0.29) is 12.0 Å². The summed E-state index contributed by atoms with van der Waals surface area (Å²) in [5.74, 6) is 0.400. The lowest BCUT2D eigenvalue weighted by Gasteiger charge is -2.24. The maximum atomic E-state index is 13.9. The fourth-order valence-corrected chi connectivity index (χ4v) is 5.63. The van der Waals surface area contributed by atoms with Crippen LogP contribution in [0.15, 0.2) is 48.5 Å². The van der Waals surface area contributed by atoms with Crippen LogP contribution in [0, 0.1) is 6.92 Å². The van der Waals surface area contributed by atoms with Gasteiger partial charge in [0.05, 0.1) is 35.5 Å². The van der Waals surface area contributed by atoms with Crippen molar-refractivity contribution in [1.29, 1.82) is 0 Å². The van der Waals surface area contributed by atoms with Gasteiger partial charge in [-0.15, -0.1) is 0 Å². The van der Waals surface area contributed by atoms with Crippen LogP contribution in [0.1, 0.15) is 28.8 Å². The van der Waals surface area contributed by atoms with E-state index in [1.54, 1.807) is 12.0 Å². The number of halogens is 1. The fourth-order valence-electron chi connectivity index (χ4n) is 4.20. The molecule has 1 amide bonds. The predicted molar refractivity (Wildman–Crippen MR) is 131 cm³/mol. The number of carbonyl (C=O) groups is 1. The van der Waals surface area contributed by atoms with Crippen molar-refractivity contribution in [1.82, 2.24) is 4.98 Å². The first-order valence-corrected chi connectivity index (χ1v) is 11.8. The van der Waals surface area contributed by atoms with Crippen molar-refractivity contribution >= 4 is 55.0 Å². The lowest BCUT2D eigenvalue weighted by atomic mass is 10.0. The number of amides is 1. The number of hydrogen-bond donors (Lipinski definition) is 0. The van der Waals surface area contributed by atoms with E-state index >= 15 is 0 Å². The standard InChI is InChI=1S/C25H23ClN2O3S/c1-15-10-18(26)13-22-23(15)27-25(32-22)28(14-19-8-5-9-31-19)24(29)20-11-16-6-3-4-7-17(16)12-21(20)30-2/h3-4,6-7,10-13,19H,5,8-9,14H2,1-2H3. The van der Waals surface area contributed by atoms with E-state index in [1.807, 2.05) is 55.5 Å². The molecule has 1 fully saturated rings. The Morgan fingerprint density at radius 3 is 2.75 bits per heavy atom. The molecule has 5 rings (SSSR count). The lowest BCUT2D eigenvalue weighted by molar-refractivity contribution is 0.0915. The Labute approximate surface area is 195 Å². The van der Waals surface area contributed by atoms with Gasteiger partial charge in [-0.25, -0.2) is 4.98 Å². The predicted octanol–water partition coefficient (Wildman–Crippen LogP) is 6.25. The SMILES string of the molecule is COc1cc2ccccc2cc1C(=O)N(CC1CCCO1)c1nc2c(C)cc(Cl)cc2s1. The average molecular weight is 467 g/mol. The normalized spacial score (nSPS) is 16.0. The molecule has 1 aliphatic heterocycles. The van der Waals surface area contributed by atoms with Crippen molar-refractivity contribution in [3.8, 4) is 5.75 Å². The van der Waals surface area contributed by atoms with Gasteiger partial charge >= 0.3 is 0 Å². The highest BCUT2D eigenvalue weighted by atomic mass is 35.5. The Morgan fingerprint density at radius 2 is 2.03 bits per heavy atom. The van der Waals surface area contributed by atoms with E-state index in [0.717, 1.165) is 46.0 Å². The van der Waals surface area contributed by atoms with Crippen molar-refractivity contribution in [2.75, 3.05) is 25.2 Å². The van der Waals surface area contributed by atoms with Crippen molar-refractivity contribution < 1.29 is 14.3 Å². The zero-order chi connectivity index (χ0) is 22.2. The molecule has 0 aliphatic carbocycles. The number of aromatic nitrogens is 1. The Kier molecular flexibility index (Phi) is 5.76. The molecule has 7 heteroatoms. The first-order chi connectivity index (χ1) is 15.5. The van der Waals surface area contributed by atoms with E-state index in [1.165, 1.54) is 11.3 Å². The third-order valence-electron chi connectivity index (χ3n) is 5.82. The summed E-state index contributed by atoms with van der Waals surface area (Å²) in [6.07, 6.45) is 1.91. The topological polar surface area (TPSA) is 51.7 Å². The summed E-state index contributed by atoms with van der Waals surface area (Å²) < 4.78 is 12.4. The molecule has 1 unspecified atom stereocenters. The summed E-state index contributed by atoms with van der Waals surface area (Å²) in [6, 6.07) is 15.6. The van der Waals surface area contributed by atoms with Gasteiger partial charge in [-0.2, -0.15) is 0 Å². The van der Waals surface area contributed by atoms with Gasteiger partial charge in [-0.1, -0.05) is 47.2 Å². The summed E-state index contributed by atoms with van der Waals surface area (Å²) in [5, 5.41) is 3.32. The van der Waals surface area contributed by atoms with Gasteiger partial charge in [0.1, 0.15) is 5.75 Å². The van der Waals surface area contributed by atoms with Crippen molar-refractivity contribution in [3.63, 3.8) is 0 Å².